The lowest BCUT2D eigenvalue weighted by molar-refractivity contribution is -0.136. The van der Waals surface area contributed by atoms with Gasteiger partial charge in [-0.05, 0) is 19.9 Å². The standard InChI is InChI=1S/C10H17N3O2/c1-8(2)13-6-4-9(12-13)7-11-5-3-10(14)15/h4,6,8,11H,3,5,7H2,1-2H3,(H,14,15). The molecule has 0 unspecified atom stereocenters. The monoisotopic (exact) mass is 211 g/mol. The minimum Gasteiger partial charge on any atom is -0.481 e. The third-order valence-electron chi connectivity index (χ3n) is 2.01. The molecule has 0 spiro atoms. The van der Waals surface area contributed by atoms with Crippen LogP contribution in [0, 0.1) is 0 Å². The van der Waals surface area contributed by atoms with Gasteiger partial charge in [-0.15, -0.1) is 0 Å². The van der Waals surface area contributed by atoms with Crippen molar-refractivity contribution in [3.63, 3.8) is 0 Å². The minimum atomic E-state index is -0.782. The molecule has 84 valence electrons. The van der Waals surface area contributed by atoms with Crippen molar-refractivity contribution in [1.82, 2.24) is 15.1 Å². The van der Waals surface area contributed by atoms with Crippen LogP contribution in [0.5, 0.6) is 0 Å². The lowest BCUT2D eigenvalue weighted by Gasteiger charge is -2.04. The second-order valence-electron chi connectivity index (χ2n) is 3.70. The zero-order chi connectivity index (χ0) is 11.3. The van der Waals surface area contributed by atoms with Crippen LogP contribution in [0.1, 0.15) is 32.0 Å². The predicted molar refractivity (Wildman–Crippen MR) is 56.6 cm³/mol. The van der Waals surface area contributed by atoms with Crippen molar-refractivity contribution in [2.45, 2.75) is 32.9 Å². The largest absolute Gasteiger partial charge is 0.481 e. The molecule has 5 heteroatoms. The van der Waals surface area contributed by atoms with Crippen molar-refractivity contribution in [2.24, 2.45) is 0 Å². The molecule has 2 N–H and O–H groups in total. The Morgan fingerprint density at radius 3 is 2.93 bits per heavy atom. The number of carbonyl (C=O) groups is 1. The van der Waals surface area contributed by atoms with E-state index in [4.69, 9.17) is 5.11 Å². The zero-order valence-electron chi connectivity index (χ0n) is 9.10. The summed E-state index contributed by atoms with van der Waals surface area (Å²) < 4.78 is 1.88. The topological polar surface area (TPSA) is 67.2 Å². The van der Waals surface area contributed by atoms with Gasteiger partial charge in [0.1, 0.15) is 0 Å². The maximum absolute atomic E-state index is 10.2. The molecule has 0 aliphatic carbocycles. The smallest absolute Gasteiger partial charge is 0.304 e. The first kappa shape index (κ1) is 11.7. The van der Waals surface area contributed by atoms with E-state index in [2.05, 4.69) is 24.3 Å². The lowest BCUT2D eigenvalue weighted by atomic mass is 10.4. The Hall–Kier alpha value is -1.36. The molecule has 0 aliphatic heterocycles. The summed E-state index contributed by atoms with van der Waals surface area (Å²) in [6.45, 7) is 5.22. The third-order valence-corrected chi connectivity index (χ3v) is 2.01. The first-order valence-corrected chi connectivity index (χ1v) is 5.06. The fourth-order valence-electron chi connectivity index (χ4n) is 1.17. The Kier molecular flexibility index (Phi) is 4.30. The van der Waals surface area contributed by atoms with Gasteiger partial charge in [-0.25, -0.2) is 0 Å². The highest BCUT2D eigenvalue weighted by Gasteiger charge is 2.01. The maximum Gasteiger partial charge on any atom is 0.304 e. The van der Waals surface area contributed by atoms with Crippen LogP contribution >= 0.6 is 0 Å². The number of carboxylic acid groups (broad SMARTS) is 1. The van der Waals surface area contributed by atoms with Crippen LogP contribution in [0.2, 0.25) is 0 Å². The van der Waals surface area contributed by atoms with Gasteiger partial charge in [0, 0.05) is 25.3 Å². The summed E-state index contributed by atoms with van der Waals surface area (Å²) in [6.07, 6.45) is 2.07. The molecule has 1 rings (SSSR count). The van der Waals surface area contributed by atoms with Crippen LogP contribution in [0.3, 0.4) is 0 Å². The van der Waals surface area contributed by atoms with E-state index >= 15 is 0 Å². The molecular formula is C10H17N3O2. The van der Waals surface area contributed by atoms with Crippen LogP contribution in [0.4, 0.5) is 0 Å². The number of hydrogen-bond donors (Lipinski definition) is 2. The first-order chi connectivity index (χ1) is 7.09. The summed E-state index contributed by atoms with van der Waals surface area (Å²) in [7, 11) is 0. The summed E-state index contributed by atoms with van der Waals surface area (Å²) in [5, 5.41) is 15.8. The molecule has 0 bridgehead atoms. The summed E-state index contributed by atoms with van der Waals surface area (Å²) in [5.74, 6) is -0.782. The Balaban J connectivity index is 2.28. The van der Waals surface area contributed by atoms with Gasteiger partial charge in [0.25, 0.3) is 0 Å². The van der Waals surface area contributed by atoms with Crippen LogP contribution in [-0.4, -0.2) is 27.4 Å². The van der Waals surface area contributed by atoms with E-state index in [1.54, 1.807) is 0 Å². The summed E-state index contributed by atoms with van der Waals surface area (Å²) in [4.78, 5) is 10.2. The molecule has 0 aromatic carbocycles. The molecular weight excluding hydrogens is 194 g/mol. The molecule has 0 aliphatic rings. The number of hydrogen-bond acceptors (Lipinski definition) is 3. The van der Waals surface area contributed by atoms with Gasteiger partial charge < -0.3 is 10.4 Å². The first-order valence-electron chi connectivity index (χ1n) is 5.06. The summed E-state index contributed by atoms with van der Waals surface area (Å²) >= 11 is 0. The second kappa shape index (κ2) is 5.50. The van der Waals surface area contributed by atoms with Crippen molar-refractivity contribution < 1.29 is 9.90 Å². The van der Waals surface area contributed by atoms with Gasteiger partial charge in [0.15, 0.2) is 0 Å². The van der Waals surface area contributed by atoms with Gasteiger partial charge in [-0.3, -0.25) is 9.48 Å². The molecule has 1 aromatic heterocycles. The van der Waals surface area contributed by atoms with Crippen molar-refractivity contribution in [2.75, 3.05) is 6.54 Å². The maximum atomic E-state index is 10.2. The minimum absolute atomic E-state index is 0.144. The lowest BCUT2D eigenvalue weighted by Crippen LogP contribution is -2.18. The molecule has 15 heavy (non-hydrogen) atoms. The number of rotatable bonds is 6. The van der Waals surface area contributed by atoms with E-state index in [1.165, 1.54) is 0 Å². The SMILES string of the molecule is CC(C)n1ccc(CNCCC(=O)O)n1. The molecule has 0 saturated heterocycles. The number of aromatic nitrogens is 2. The number of nitrogens with one attached hydrogen (secondary N) is 1. The quantitative estimate of drug-likeness (QED) is 0.690. The van der Waals surface area contributed by atoms with Crippen LogP contribution in [0.25, 0.3) is 0 Å². The normalized spacial score (nSPS) is 10.9. The zero-order valence-corrected chi connectivity index (χ0v) is 9.10. The summed E-state index contributed by atoms with van der Waals surface area (Å²) in [5.41, 5.74) is 0.939. The van der Waals surface area contributed by atoms with E-state index in [1.807, 2.05) is 16.9 Å². The fourth-order valence-corrected chi connectivity index (χ4v) is 1.17. The molecule has 1 aromatic rings. The molecule has 0 fully saturated rings. The van der Waals surface area contributed by atoms with E-state index < -0.39 is 5.97 Å². The molecule has 0 amide bonds. The Bertz CT molecular complexity index is 320. The molecule has 0 saturated carbocycles. The van der Waals surface area contributed by atoms with Gasteiger partial charge in [0.2, 0.25) is 0 Å². The van der Waals surface area contributed by atoms with Crippen LogP contribution in [0.15, 0.2) is 12.3 Å². The van der Waals surface area contributed by atoms with E-state index in [-0.39, 0.29) is 6.42 Å². The van der Waals surface area contributed by atoms with E-state index in [0.29, 0.717) is 19.1 Å². The Morgan fingerprint density at radius 1 is 1.67 bits per heavy atom. The molecule has 0 atom stereocenters. The van der Waals surface area contributed by atoms with E-state index in [9.17, 15) is 4.79 Å². The predicted octanol–water partition coefficient (Wildman–Crippen LogP) is 1.03. The Morgan fingerprint density at radius 2 is 2.40 bits per heavy atom. The van der Waals surface area contributed by atoms with Gasteiger partial charge in [-0.2, -0.15) is 5.10 Å². The molecule has 5 nitrogen and oxygen atoms in total. The van der Waals surface area contributed by atoms with Gasteiger partial charge >= 0.3 is 5.97 Å². The Labute approximate surface area is 89.1 Å². The van der Waals surface area contributed by atoms with Crippen molar-refractivity contribution in [1.29, 1.82) is 0 Å². The van der Waals surface area contributed by atoms with Crippen LogP contribution in [-0.2, 0) is 11.3 Å². The average molecular weight is 211 g/mol. The average Bonchev–Trinajstić information content (AvgIpc) is 2.60. The third kappa shape index (κ3) is 4.12. The number of aliphatic carboxylic acids is 1. The van der Waals surface area contributed by atoms with Crippen LogP contribution < -0.4 is 5.32 Å². The van der Waals surface area contributed by atoms with Gasteiger partial charge in [-0.1, -0.05) is 0 Å². The fraction of sp³-hybridized carbons (Fsp3) is 0.600. The van der Waals surface area contributed by atoms with E-state index in [0.717, 1.165) is 5.69 Å². The summed E-state index contributed by atoms with van der Waals surface area (Å²) in [6, 6.07) is 2.30. The molecule has 0 radical (unpaired) electrons. The molecule has 1 heterocycles. The second-order valence-corrected chi connectivity index (χ2v) is 3.70. The highest BCUT2D eigenvalue weighted by atomic mass is 16.4. The van der Waals surface area contributed by atoms with Crippen molar-refractivity contribution >= 4 is 5.97 Å². The number of nitrogens with zero attached hydrogens (tertiary/aromatic N) is 2. The highest BCUT2D eigenvalue weighted by Crippen LogP contribution is 2.03. The van der Waals surface area contributed by atoms with Crippen molar-refractivity contribution in [3.8, 4) is 0 Å². The van der Waals surface area contributed by atoms with Gasteiger partial charge in [0.05, 0.1) is 12.1 Å². The highest BCUT2D eigenvalue weighted by molar-refractivity contribution is 5.66. The van der Waals surface area contributed by atoms with Crippen molar-refractivity contribution in [3.05, 3.63) is 18.0 Å². The number of carboxylic acids is 1.